The Bertz CT molecular complexity index is 156. The van der Waals surface area contributed by atoms with Crippen molar-refractivity contribution in [3.05, 3.63) is 6.61 Å². The average molecular weight is 199 g/mol. The van der Waals surface area contributed by atoms with E-state index in [1.807, 2.05) is 20.8 Å². The van der Waals surface area contributed by atoms with Gasteiger partial charge in [0.1, 0.15) is 6.61 Å². The van der Waals surface area contributed by atoms with Crippen molar-refractivity contribution in [2.45, 2.75) is 59.8 Å². The molecule has 0 aliphatic rings. The van der Waals surface area contributed by atoms with Crippen molar-refractivity contribution >= 4 is 5.97 Å². The van der Waals surface area contributed by atoms with Gasteiger partial charge in [0.05, 0.1) is 5.41 Å². The number of esters is 1. The van der Waals surface area contributed by atoms with E-state index in [0.29, 0.717) is 0 Å². The van der Waals surface area contributed by atoms with E-state index in [1.54, 1.807) is 6.61 Å². The Morgan fingerprint density at radius 3 is 2.36 bits per heavy atom. The smallest absolute Gasteiger partial charge is 0.311 e. The standard InChI is InChI=1S/C12H23O2/c1-5-6-7-8-9-10-14-11(13)12(2,3)4/h10H,5-9H2,1-4H3. The van der Waals surface area contributed by atoms with E-state index in [-0.39, 0.29) is 11.4 Å². The molecule has 1 radical (unpaired) electrons. The van der Waals surface area contributed by atoms with E-state index in [9.17, 15) is 4.79 Å². The van der Waals surface area contributed by atoms with Gasteiger partial charge in [-0.1, -0.05) is 26.2 Å². The van der Waals surface area contributed by atoms with Crippen LogP contribution in [0.25, 0.3) is 0 Å². The Balaban J connectivity index is 3.33. The lowest BCUT2D eigenvalue weighted by molar-refractivity contribution is -0.149. The molecule has 0 unspecified atom stereocenters. The van der Waals surface area contributed by atoms with Crippen LogP contribution in [0.5, 0.6) is 0 Å². The monoisotopic (exact) mass is 199 g/mol. The highest BCUT2D eigenvalue weighted by atomic mass is 16.5. The average Bonchev–Trinajstić information content (AvgIpc) is 2.09. The first kappa shape index (κ1) is 13.5. The van der Waals surface area contributed by atoms with Crippen LogP contribution >= 0.6 is 0 Å². The Labute approximate surface area is 88.0 Å². The summed E-state index contributed by atoms with van der Waals surface area (Å²) in [7, 11) is 0. The number of unbranched alkanes of at least 4 members (excludes halogenated alkanes) is 4. The highest BCUT2D eigenvalue weighted by molar-refractivity contribution is 5.75. The Morgan fingerprint density at radius 1 is 1.21 bits per heavy atom. The molecule has 0 aliphatic heterocycles. The summed E-state index contributed by atoms with van der Waals surface area (Å²) in [6.07, 6.45) is 5.72. The van der Waals surface area contributed by atoms with Gasteiger partial charge in [0.15, 0.2) is 0 Å². The normalized spacial score (nSPS) is 11.4. The first-order valence-corrected chi connectivity index (χ1v) is 5.51. The van der Waals surface area contributed by atoms with Crippen LogP contribution in [0.2, 0.25) is 0 Å². The molecule has 0 atom stereocenters. The Hall–Kier alpha value is -0.530. The first-order chi connectivity index (χ1) is 6.48. The molecule has 0 spiro atoms. The van der Waals surface area contributed by atoms with Crippen molar-refractivity contribution in [2.24, 2.45) is 5.41 Å². The van der Waals surface area contributed by atoms with Crippen molar-refractivity contribution in [3.63, 3.8) is 0 Å². The maximum absolute atomic E-state index is 11.3. The molecule has 14 heavy (non-hydrogen) atoms. The lowest BCUT2D eigenvalue weighted by Crippen LogP contribution is -2.21. The SMILES string of the molecule is CCCCCC[CH]OC(=O)C(C)(C)C. The molecule has 0 heterocycles. The molecule has 0 saturated carbocycles. The molecule has 0 aromatic heterocycles. The second kappa shape index (κ2) is 6.86. The molecule has 0 fully saturated rings. The van der Waals surface area contributed by atoms with Crippen LogP contribution in [0, 0.1) is 12.0 Å². The molecule has 0 aromatic carbocycles. The fourth-order valence-electron chi connectivity index (χ4n) is 0.966. The van der Waals surface area contributed by atoms with Crippen LogP contribution in [0.1, 0.15) is 59.8 Å². The quantitative estimate of drug-likeness (QED) is 0.481. The van der Waals surface area contributed by atoms with Crippen molar-refractivity contribution in [1.82, 2.24) is 0 Å². The zero-order valence-corrected chi connectivity index (χ0v) is 9.93. The Morgan fingerprint density at radius 2 is 1.86 bits per heavy atom. The van der Waals surface area contributed by atoms with Crippen molar-refractivity contribution in [2.75, 3.05) is 0 Å². The zero-order valence-electron chi connectivity index (χ0n) is 9.93. The van der Waals surface area contributed by atoms with Crippen LogP contribution in [0.3, 0.4) is 0 Å². The highest BCUT2D eigenvalue weighted by Gasteiger charge is 2.22. The molecular formula is C12H23O2. The van der Waals surface area contributed by atoms with Crippen LogP contribution in [0.4, 0.5) is 0 Å². The summed E-state index contributed by atoms with van der Waals surface area (Å²) in [6.45, 7) is 9.41. The van der Waals surface area contributed by atoms with Gasteiger partial charge >= 0.3 is 5.97 Å². The summed E-state index contributed by atoms with van der Waals surface area (Å²) in [5, 5.41) is 0. The van der Waals surface area contributed by atoms with Gasteiger partial charge in [-0.2, -0.15) is 0 Å². The number of rotatable bonds is 6. The molecule has 83 valence electrons. The van der Waals surface area contributed by atoms with Gasteiger partial charge in [-0.05, 0) is 33.6 Å². The largest absolute Gasteiger partial charge is 0.458 e. The molecule has 0 N–H and O–H groups in total. The lowest BCUT2D eigenvalue weighted by Gasteiger charge is -2.15. The molecule has 0 aromatic rings. The lowest BCUT2D eigenvalue weighted by atomic mass is 9.97. The van der Waals surface area contributed by atoms with Gasteiger partial charge in [-0.25, -0.2) is 0 Å². The predicted molar refractivity (Wildman–Crippen MR) is 58.6 cm³/mol. The van der Waals surface area contributed by atoms with Crippen molar-refractivity contribution in [1.29, 1.82) is 0 Å². The van der Waals surface area contributed by atoms with Gasteiger partial charge in [-0.3, -0.25) is 4.79 Å². The third-order valence-electron chi connectivity index (χ3n) is 1.98. The number of carbonyl (C=O) groups is 1. The predicted octanol–water partition coefficient (Wildman–Crippen LogP) is 3.71. The Kier molecular flexibility index (Phi) is 6.60. The second-order valence-electron chi connectivity index (χ2n) is 4.67. The van der Waals surface area contributed by atoms with Crippen LogP contribution in [-0.4, -0.2) is 5.97 Å². The third-order valence-corrected chi connectivity index (χ3v) is 1.98. The molecule has 0 bridgehead atoms. The minimum Gasteiger partial charge on any atom is -0.458 e. The van der Waals surface area contributed by atoms with Crippen LogP contribution in [0.15, 0.2) is 0 Å². The fourth-order valence-corrected chi connectivity index (χ4v) is 0.966. The summed E-state index contributed by atoms with van der Waals surface area (Å²) < 4.78 is 5.02. The fraction of sp³-hybridized carbons (Fsp3) is 0.833. The number of carbonyl (C=O) groups excluding carboxylic acids is 1. The molecule has 2 heteroatoms. The first-order valence-electron chi connectivity index (χ1n) is 5.51. The van der Waals surface area contributed by atoms with Crippen molar-refractivity contribution < 1.29 is 9.53 Å². The minimum absolute atomic E-state index is 0.145. The summed E-state index contributed by atoms with van der Waals surface area (Å²) in [5.41, 5.74) is -0.389. The summed E-state index contributed by atoms with van der Waals surface area (Å²) in [6, 6.07) is 0. The van der Waals surface area contributed by atoms with E-state index < -0.39 is 0 Å². The van der Waals surface area contributed by atoms with Crippen LogP contribution in [-0.2, 0) is 9.53 Å². The second-order valence-corrected chi connectivity index (χ2v) is 4.67. The summed E-state index contributed by atoms with van der Waals surface area (Å²) in [5.74, 6) is -0.145. The van der Waals surface area contributed by atoms with E-state index in [2.05, 4.69) is 6.92 Å². The summed E-state index contributed by atoms with van der Waals surface area (Å²) in [4.78, 5) is 11.3. The van der Waals surface area contributed by atoms with E-state index in [4.69, 9.17) is 4.74 Å². The molecule has 0 amide bonds. The third kappa shape index (κ3) is 6.93. The minimum atomic E-state index is -0.389. The molecule has 0 saturated heterocycles. The zero-order chi connectivity index (χ0) is 11.0. The number of hydrogen-bond acceptors (Lipinski definition) is 2. The van der Waals surface area contributed by atoms with Gasteiger partial charge in [-0.15, -0.1) is 0 Å². The van der Waals surface area contributed by atoms with E-state index >= 15 is 0 Å². The molecule has 0 aliphatic carbocycles. The van der Waals surface area contributed by atoms with E-state index in [1.165, 1.54) is 19.3 Å². The summed E-state index contributed by atoms with van der Waals surface area (Å²) >= 11 is 0. The van der Waals surface area contributed by atoms with Gasteiger partial charge in [0.2, 0.25) is 0 Å². The maximum Gasteiger partial charge on any atom is 0.311 e. The highest BCUT2D eigenvalue weighted by Crippen LogP contribution is 2.16. The molecular weight excluding hydrogens is 176 g/mol. The molecule has 2 nitrogen and oxygen atoms in total. The van der Waals surface area contributed by atoms with Gasteiger partial charge < -0.3 is 4.74 Å². The van der Waals surface area contributed by atoms with Crippen LogP contribution < -0.4 is 0 Å². The maximum atomic E-state index is 11.3. The molecule has 0 rings (SSSR count). The van der Waals surface area contributed by atoms with E-state index in [0.717, 1.165) is 12.8 Å². The van der Waals surface area contributed by atoms with Crippen molar-refractivity contribution in [3.8, 4) is 0 Å². The van der Waals surface area contributed by atoms with Gasteiger partial charge in [0.25, 0.3) is 0 Å². The number of hydrogen-bond donors (Lipinski definition) is 0. The topological polar surface area (TPSA) is 26.3 Å². The number of ether oxygens (including phenoxy) is 1. The van der Waals surface area contributed by atoms with Gasteiger partial charge in [0, 0.05) is 0 Å².